The number of thioether (sulfide) groups is 1. The molecule has 1 aromatic carbocycles. The molecular formula is C17H27NO2S. The highest BCUT2D eigenvalue weighted by Crippen LogP contribution is 2.21. The second-order valence-corrected chi connectivity index (χ2v) is 7.32. The Morgan fingerprint density at radius 3 is 2.48 bits per heavy atom. The predicted octanol–water partition coefficient (Wildman–Crippen LogP) is 3.64. The number of hydrogen-bond donors (Lipinski definition) is 1. The van der Waals surface area contributed by atoms with Crippen LogP contribution >= 0.6 is 11.8 Å². The van der Waals surface area contributed by atoms with Crippen molar-refractivity contribution in [3.8, 4) is 0 Å². The van der Waals surface area contributed by atoms with Crippen LogP contribution in [0.1, 0.15) is 43.5 Å². The first-order chi connectivity index (χ1) is 9.73. The highest BCUT2D eigenvalue weighted by Gasteiger charge is 2.17. The van der Waals surface area contributed by atoms with Crippen LogP contribution in [0.5, 0.6) is 0 Å². The summed E-state index contributed by atoms with van der Waals surface area (Å²) in [6.45, 7) is 9.91. The van der Waals surface area contributed by atoms with Crippen LogP contribution in [-0.2, 0) is 9.53 Å². The maximum atomic E-state index is 11.7. The van der Waals surface area contributed by atoms with Gasteiger partial charge in [0.05, 0.1) is 5.75 Å². The lowest BCUT2D eigenvalue weighted by Gasteiger charge is -2.20. The van der Waals surface area contributed by atoms with Crippen LogP contribution in [0.4, 0.5) is 0 Å². The quantitative estimate of drug-likeness (QED) is 0.814. The molecule has 0 aliphatic carbocycles. The zero-order chi connectivity index (χ0) is 16.0. The molecule has 1 rings (SSSR count). The van der Waals surface area contributed by atoms with Gasteiger partial charge in [-0.25, -0.2) is 0 Å². The van der Waals surface area contributed by atoms with Crippen LogP contribution in [0, 0.1) is 13.8 Å². The summed E-state index contributed by atoms with van der Waals surface area (Å²) < 4.78 is 5.31. The smallest absolute Gasteiger partial charge is 0.316 e. The average molecular weight is 309 g/mol. The van der Waals surface area contributed by atoms with E-state index in [1.807, 2.05) is 27.8 Å². The standard InChI is InChI=1S/C17H27NO2S/c1-12-7-8-14(9-13(12)2)15(18-6)10-21-11-16(19)20-17(3,4)5/h7-9,15,18H,10-11H2,1-6H3. The second-order valence-electron chi connectivity index (χ2n) is 6.29. The van der Waals surface area contributed by atoms with Crippen molar-refractivity contribution in [1.82, 2.24) is 5.32 Å². The third-order valence-electron chi connectivity index (χ3n) is 3.21. The summed E-state index contributed by atoms with van der Waals surface area (Å²) in [4.78, 5) is 11.7. The van der Waals surface area contributed by atoms with Crippen molar-refractivity contribution in [2.45, 2.75) is 46.3 Å². The van der Waals surface area contributed by atoms with Gasteiger partial charge in [-0.15, -0.1) is 11.8 Å². The Kier molecular flexibility index (Phi) is 6.75. The Labute approximate surface area is 132 Å². The number of rotatable bonds is 6. The lowest BCUT2D eigenvalue weighted by atomic mass is 10.0. The van der Waals surface area contributed by atoms with Gasteiger partial charge in [0.1, 0.15) is 5.60 Å². The fourth-order valence-electron chi connectivity index (χ4n) is 1.96. The highest BCUT2D eigenvalue weighted by atomic mass is 32.2. The van der Waals surface area contributed by atoms with E-state index in [0.29, 0.717) is 5.75 Å². The van der Waals surface area contributed by atoms with Crippen LogP contribution in [0.15, 0.2) is 18.2 Å². The molecule has 0 aliphatic rings. The summed E-state index contributed by atoms with van der Waals surface area (Å²) in [6, 6.07) is 6.76. The molecular weight excluding hydrogens is 282 g/mol. The summed E-state index contributed by atoms with van der Waals surface area (Å²) in [7, 11) is 1.95. The fourth-order valence-corrected chi connectivity index (χ4v) is 2.90. The van der Waals surface area contributed by atoms with E-state index in [1.165, 1.54) is 16.7 Å². The van der Waals surface area contributed by atoms with Gasteiger partial charge in [-0.1, -0.05) is 18.2 Å². The van der Waals surface area contributed by atoms with E-state index in [1.54, 1.807) is 11.8 Å². The molecule has 1 atom stereocenters. The van der Waals surface area contributed by atoms with E-state index in [-0.39, 0.29) is 12.0 Å². The summed E-state index contributed by atoms with van der Waals surface area (Å²) in [5.74, 6) is 1.08. The van der Waals surface area contributed by atoms with E-state index < -0.39 is 5.60 Å². The van der Waals surface area contributed by atoms with E-state index in [0.717, 1.165) is 5.75 Å². The van der Waals surface area contributed by atoms with Gasteiger partial charge < -0.3 is 10.1 Å². The van der Waals surface area contributed by atoms with E-state index >= 15 is 0 Å². The average Bonchev–Trinajstić information content (AvgIpc) is 2.36. The molecule has 0 aliphatic heterocycles. The molecule has 21 heavy (non-hydrogen) atoms. The molecule has 1 unspecified atom stereocenters. The molecule has 0 amide bonds. The molecule has 0 fully saturated rings. The van der Waals surface area contributed by atoms with Crippen LogP contribution in [-0.4, -0.2) is 30.1 Å². The molecule has 118 valence electrons. The third-order valence-corrected chi connectivity index (χ3v) is 4.22. The number of hydrogen-bond acceptors (Lipinski definition) is 4. The van der Waals surface area contributed by atoms with Crippen molar-refractivity contribution >= 4 is 17.7 Å². The largest absolute Gasteiger partial charge is 0.459 e. The Bertz CT molecular complexity index is 480. The van der Waals surface area contributed by atoms with Gasteiger partial charge in [0.2, 0.25) is 0 Å². The molecule has 0 aromatic heterocycles. The minimum Gasteiger partial charge on any atom is -0.459 e. The first-order valence-electron chi connectivity index (χ1n) is 7.27. The summed E-state index contributed by atoms with van der Waals surface area (Å²) >= 11 is 1.60. The molecule has 0 saturated heterocycles. The van der Waals surface area contributed by atoms with Gasteiger partial charge in [-0.05, 0) is 58.4 Å². The second kappa shape index (κ2) is 7.85. The maximum Gasteiger partial charge on any atom is 0.316 e. The van der Waals surface area contributed by atoms with Crippen molar-refractivity contribution in [2.24, 2.45) is 0 Å². The van der Waals surface area contributed by atoms with Crippen LogP contribution < -0.4 is 5.32 Å². The van der Waals surface area contributed by atoms with Crippen molar-refractivity contribution in [2.75, 3.05) is 18.6 Å². The lowest BCUT2D eigenvalue weighted by molar-refractivity contribution is -0.151. The zero-order valence-electron chi connectivity index (χ0n) is 13.9. The van der Waals surface area contributed by atoms with Crippen molar-refractivity contribution < 1.29 is 9.53 Å². The monoisotopic (exact) mass is 309 g/mol. The molecule has 3 nitrogen and oxygen atoms in total. The number of benzene rings is 1. The maximum absolute atomic E-state index is 11.7. The van der Waals surface area contributed by atoms with E-state index in [2.05, 4.69) is 37.4 Å². The van der Waals surface area contributed by atoms with Gasteiger partial charge in [0, 0.05) is 11.8 Å². The first-order valence-corrected chi connectivity index (χ1v) is 8.42. The Hall–Kier alpha value is -1.00. The summed E-state index contributed by atoms with van der Waals surface area (Å²) in [5, 5.41) is 3.31. The summed E-state index contributed by atoms with van der Waals surface area (Å²) in [5.41, 5.74) is 3.45. The number of carbonyl (C=O) groups excluding carboxylic acids is 1. The molecule has 4 heteroatoms. The predicted molar refractivity (Wildman–Crippen MR) is 90.9 cm³/mol. The minimum atomic E-state index is -0.409. The highest BCUT2D eigenvalue weighted by molar-refractivity contribution is 7.99. The minimum absolute atomic E-state index is 0.151. The number of ether oxygens (including phenoxy) is 1. The lowest BCUT2D eigenvalue weighted by Crippen LogP contribution is -2.25. The molecule has 1 aromatic rings. The molecule has 0 bridgehead atoms. The molecule has 0 heterocycles. The van der Waals surface area contributed by atoms with Gasteiger partial charge in [-0.3, -0.25) is 4.79 Å². The Balaban J connectivity index is 2.51. The van der Waals surface area contributed by atoms with Gasteiger partial charge in [0.15, 0.2) is 0 Å². The van der Waals surface area contributed by atoms with Crippen LogP contribution in [0.2, 0.25) is 0 Å². The Morgan fingerprint density at radius 2 is 1.95 bits per heavy atom. The van der Waals surface area contributed by atoms with Gasteiger partial charge >= 0.3 is 5.97 Å². The number of aryl methyl sites for hydroxylation is 2. The number of esters is 1. The van der Waals surface area contributed by atoms with Crippen molar-refractivity contribution in [1.29, 1.82) is 0 Å². The van der Waals surface area contributed by atoms with Crippen molar-refractivity contribution in [3.63, 3.8) is 0 Å². The molecule has 0 radical (unpaired) electrons. The topological polar surface area (TPSA) is 38.3 Å². The fraction of sp³-hybridized carbons (Fsp3) is 0.588. The SMILES string of the molecule is CNC(CSCC(=O)OC(C)(C)C)c1ccc(C)c(C)c1. The van der Waals surface area contributed by atoms with E-state index in [9.17, 15) is 4.79 Å². The van der Waals surface area contributed by atoms with Gasteiger partial charge in [0.25, 0.3) is 0 Å². The molecule has 1 N–H and O–H groups in total. The normalized spacial score (nSPS) is 13.0. The number of carbonyl (C=O) groups is 1. The Morgan fingerprint density at radius 1 is 1.29 bits per heavy atom. The van der Waals surface area contributed by atoms with Gasteiger partial charge in [-0.2, -0.15) is 0 Å². The molecule has 0 saturated carbocycles. The zero-order valence-corrected chi connectivity index (χ0v) is 14.8. The first kappa shape index (κ1) is 18.1. The molecule has 0 spiro atoms. The summed E-state index contributed by atoms with van der Waals surface area (Å²) in [6.07, 6.45) is 0. The number of nitrogens with one attached hydrogen (secondary N) is 1. The third kappa shape index (κ3) is 6.53. The van der Waals surface area contributed by atoms with Crippen molar-refractivity contribution in [3.05, 3.63) is 34.9 Å². The van der Waals surface area contributed by atoms with Crippen LogP contribution in [0.3, 0.4) is 0 Å². The van der Waals surface area contributed by atoms with E-state index in [4.69, 9.17) is 4.74 Å². The van der Waals surface area contributed by atoms with Crippen LogP contribution in [0.25, 0.3) is 0 Å².